The molecule has 1 aromatic rings. The van der Waals surface area contributed by atoms with E-state index in [-0.39, 0.29) is 23.6 Å². The smallest absolute Gasteiger partial charge is 0.243 e. The first-order valence-corrected chi connectivity index (χ1v) is 8.53. The van der Waals surface area contributed by atoms with Crippen molar-refractivity contribution in [3.05, 3.63) is 28.8 Å². The van der Waals surface area contributed by atoms with E-state index < -0.39 is 10.0 Å². The van der Waals surface area contributed by atoms with Crippen molar-refractivity contribution < 1.29 is 18.3 Å². The Kier molecular flexibility index (Phi) is 4.72. The third-order valence-corrected chi connectivity index (χ3v) is 6.33. The summed E-state index contributed by atoms with van der Waals surface area (Å²) in [4.78, 5) is 0.271. The number of aliphatic hydroxyl groups excluding tert-OH is 1. The Bertz CT molecular complexity index is 627. The maximum absolute atomic E-state index is 12.9. The number of aryl methyl sites for hydroxylation is 1. The quantitative estimate of drug-likeness (QED) is 0.917. The van der Waals surface area contributed by atoms with Crippen molar-refractivity contribution in [1.29, 1.82) is 0 Å². The van der Waals surface area contributed by atoms with E-state index in [2.05, 4.69) is 0 Å². The van der Waals surface area contributed by atoms with Gasteiger partial charge in [0.25, 0.3) is 0 Å². The molecular formula is C15H23NO4S. The highest BCUT2D eigenvalue weighted by atomic mass is 32.2. The lowest BCUT2D eigenvalue weighted by Gasteiger charge is -2.27. The van der Waals surface area contributed by atoms with Gasteiger partial charge < -0.3 is 9.84 Å². The fourth-order valence-electron chi connectivity index (χ4n) is 2.79. The minimum Gasteiger partial charge on any atom is -0.392 e. The van der Waals surface area contributed by atoms with E-state index in [1.54, 1.807) is 20.0 Å². The van der Waals surface area contributed by atoms with Gasteiger partial charge in [-0.3, -0.25) is 0 Å². The van der Waals surface area contributed by atoms with Crippen molar-refractivity contribution in [3.63, 3.8) is 0 Å². The van der Waals surface area contributed by atoms with Gasteiger partial charge in [0.1, 0.15) is 0 Å². The van der Waals surface area contributed by atoms with Gasteiger partial charge in [0.15, 0.2) is 0 Å². The fourth-order valence-corrected chi connectivity index (χ4v) is 4.58. The zero-order valence-electron chi connectivity index (χ0n) is 13.0. The third-order valence-electron chi connectivity index (χ3n) is 4.32. The lowest BCUT2D eigenvalue weighted by molar-refractivity contribution is 0.102. The van der Waals surface area contributed by atoms with E-state index in [1.807, 2.05) is 19.9 Å². The van der Waals surface area contributed by atoms with Crippen LogP contribution in [0.4, 0.5) is 0 Å². The Morgan fingerprint density at radius 2 is 2.05 bits per heavy atom. The largest absolute Gasteiger partial charge is 0.392 e. The number of ether oxygens (including phenoxy) is 1. The number of benzene rings is 1. The lowest BCUT2D eigenvalue weighted by atomic mass is 10.1. The minimum atomic E-state index is -3.60. The third kappa shape index (κ3) is 2.99. The van der Waals surface area contributed by atoms with E-state index in [9.17, 15) is 13.5 Å². The standard InChI is InChI=1S/C15H23NO4S/c1-10-7-13(9-17)8-15(11(10)2)21(18,19)16(4)14-5-6-20-12(14)3/h7-8,12,14,17H,5-6,9H2,1-4H3. The Morgan fingerprint density at radius 3 is 2.57 bits per heavy atom. The van der Waals surface area contributed by atoms with Crippen molar-refractivity contribution >= 4 is 10.0 Å². The SMILES string of the molecule is Cc1cc(CO)cc(S(=O)(=O)N(C)C2CCOC2C)c1C. The average molecular weight is 313 g/mol. The molecule has 1 saturated heterocycles. The summed E-state index contributed by atoms with van der Waals surface area (Å²) in [7, 11) is -2.00. The lowest BCUT2D eigenvalue weighted by Crippen LogP contribution is -2.41. The van der Waals surface area contributed by atoms with Crippen LogP contribution in [0.1, 0.15) is 30.0 Å². The molecule has 0 amide bonds. The van der Waals surface area contributed by atoms with Crippen LogP contribution in [0.2, 0.25) is 0 Å². The molecule has 1 fully saturated rings. The van der Waals surface area contributed by atoms with Crippen molar-refractivity contribution in [2.24, 2.45) is 0 Å². The molecule has 0 aliphatic carbocycles. The van der Waals surface area contributed by atoms with Gasteiger partial charge in [-0.2, -0.15) is 4.31 Å². The second kappa shape index (κ2) is 6.04. The summed E-state index contributed by atoms with van der Waals surface area (Å²) in [6.07, 6.45) is 0.599. The molecule has 1 aliphatic rings. The molecule has 1 aromatic carbocycles. The molecule has 0 aromatic heterocycles. The van der Waals surface area contributed by atoms with Crippen LogP contribution < -0.4 is 0 Å². The first kappa shape index (κ1) is 16.4. The summed E-state index contributed by atoms with van der Waals surface area (Å²) in [5, 5.41) is 9.31. The molecule has 5 nitrogen and oxygen atoms in total. The molecule has 118 valence electrons. The van der Waals surface area contributed by atoms with Crippen LogP contribution in [0.3, 0.4) is 0 Å². The van der Waals surface area contributed by atoms with Gasteiger partial charge in [-0.05, 0) is 49.9 Å². The zero-order chi connectivity index (χ0) is 15.8. The summed E-state index contributed by atoms with van der Waals surface area (Å²) in [5.41, 5.74) is 2.20. The van der Waals surface area contributed by atoms with Crippen LogP contribution >= 0.6 is 0 Å². The summed E-state index contributed by atoms with van der Waals surface area (Å²) < 4.78 is 32.7. The predicted molar refractivity (Wildman–Crippen MR) is 80.6 cm³/mol. The van der Waals surface area contributed by atoms with Gasteiger partial charge in [0.2, 0.25) is 10.0 Å². The first-order valence-electron chi connectivity index (χ1n) is 7.09. The summed E-state index contributed by atoms with van der Waals surface area (Å²) >= 11 is 0. The van der Waals surface area contributed by atoms with E-state index in [0.717, 1.165) is 11.1 Å². The van der Waals surface area contributed by atoms with Gasteiger partial charge in [-0.1, -0.05) is 6.07 Å². The van der Waals surface area contributed by atoms with Crippen LogP contribution in [0.15, 0.2) is 17.0 Å². The van der Waals surface area contributed by atoms with Crippen LogP contribution in [-0.4, -0.2) is 43.6 Å². The molecule has 21 heavy (non-hydrogen) atoms. The van der Waals surface area contributed by atoms with Crippen LogP contribution in [-0.2, 0) is 21.4 Å². The second-order valence-corrected chi connectivity index (χ2v) is 7.61. The number of sulfonamides is 1. The molecule has 0 radical (unpaired) electrons. The van der Waals surface area contributed by atoms with Gasteiger partial charge in [-0.15, -0.1) is 0 Å². The number of nitrogens with zero attached hydrogens (tertiary/aromatic N) is 1. The van der Waals surface area contributed by atoms with Crippen LogP contribution in [0.5, 0.6) is 0 Å². The van der Waals surface area contributed by atoms with E-state index >= 15 is 0 Å². The van der Waals surface area contributed by atoms with Gasteiger partial charge >= 0.3 is 0 Å². The molecule has 0 bridgehead atoms. The molecule has 0 spiro atoms. The maximum Gasteiger partial charge on any atom is 0.243 e. The molecule has 0 saturated carbocycles. The highest BCUT2D eigenvalue weighted by molar-refractivity contribution is 7.89. The Hall–Kier alpha value is -0.950. The Morgan fingerprint density at radius 1 is 1.38 bits per heavy atom. The first-order chi connectivity index (χ1) is 9.78. The molecule has 6 heteroatoms. The molecule has 2 unspecified atom stereocenters. The average Bonchev–Trinajstić information content (AvgIpc) is 2.86. The number of hydrogen-bond donors (Lipinski definition) is 1. The molecular weight excluding hydrogens is 290 g/mol. The molecule has 1 N–H and O–H groups in total. The number of rotatable bonds is 4. The molecule has 2 atom stereocenters. The maximum atomic E-state index is 12.9. The monoisotopic (exact) mass is 313 g/mol. The van der Waals surface area contributed by atoms with Crippen LogP contribution in [0.25, 0.3) is 0 Å². The van der Waals surface area contributed by atoms with E-state index in [4.69, 9.17) is 4.74 Å². The topological polar surface area (TPSA) is 66.8 Å². The van der Waals surface area contributed by atoms with E-state index in [1.165, 1.54) is 4.31 Å². The number of likely N-dealkylation sites (N-methyl/N-ethyl adjacent to an activating group) is 1. The van der Waals surface area contributed by atoms with Crippen molar-refractivity contribution in [2.75, 3.05) is 13.7 Å². The highest BCUT2D eigenvalue weighted by Crippen LogP contribution is 2.28. The number of aliphatic hydroxyl groups is 1. The summed E-state index contributed by atoms with van der Waals surface area (Å²) in [6, 6.07) is 3.23. The molecule has 1 heterocycles. The zero-order valence-corrected chi connectivity index (χ0v) is 13.8. The van der Waals surface area contributed by atoms with Crippen molar-refractivity contribution in [1.82, 2.24) is 4.31 Å². The normalized spacial score (nSPS) is 23.0. The van der Waals surface area contributed by atoms with Crippen molar-refractivity contribution in [2.45, 2.75) is 50.8 Å². The van der Waals surface area contributed by atoms with Crippen LogP contribution in [0, 0.1) is 13.8 Å². The molecule has 2 rings (SSSR count). The van der Waals surface area contributed by atoms with Gasteiger partial charge in [0.05, 0.1) is 23.6 Å². The minimum absolute atomic E-state index is 0.104. The fraction of sp³-hybridized carbons (Fsp3) is 0.600. The number of hydrogen-bond acceptors (Lipinski definition) is 4. The summed E-state index contributed by atoms with van der Waals surface area (Å²) in [5.74, 6) is 0. The molecule has 1 aliphatic heterocycles. The second-order valence-electron chi connectivity index (χ2n) is 5.65. The van der Waals surface area contributed by atoms with Gasteiger partial charge in [-0.25, -0.2) is 8.42 Å². The Labute approximate surface area is 126 Å². The Balaban J connectivity index is 2.46. The highest BCUT2D eigenvalue weighted by Gasteiger charge is 2.36. The summed E-state index contributed by atoms with van der Waals surface area (Å²) in [6.45, 7) is 5.96. The predicted octanol–water partition coefficient (Wildman–Crippen LogP) is 1.59. The van der Waals surface area contributed by atoms with Gasteiger partial charge in [0, 0.05) is 13.7 Å². The van der Waals surface area contributed by atoms with E-state index in [0.29, 0.717) is 18.6 Å². The van der Waals surface area contributed by atoms with Crippen molar-refractivity contribution in [3.8, 4) is 0 Å².